The molecule has 1 heteroatoms. The van der Waals surface area contributed by atoms with Crippen LogP contribution in [-0.4, -0.2) is 5.78 Å². The van der Waals surface area contributed by atoms with Crippen LogP contribution in [0, 0.1) is 5.92 Å². The zero-order chi connectivity index (χ0) is 10.2. The molecule has 7 heavy (non-hydrogen) atoms. The first-order chi connectivity index (χ1) is 5.10. The summed E-state index contributed by atoms with van der Waals surface area (Å²) in [7, 11) is 0. The predicted molar refractivity (Wildman–Crippen MR) is 30.1 cm³/mol. The van der Waals surface area contributed by atoms with E-state index in [1.54, 1.807) is 0 Å². The van der Waals surface area contributed by atoms with Crippen molar-refractivity contribution in [2.24, 2.45) is 5.92 Å². The fourth-order valence-corrected chi connectivity index (χ4v) is 0.262. The van der Waals surface area contributed by atoms with Gasteiger partial charge in [-0.05, 0) is 12.8 Å². The molecule has 0 radical (unpaired) electrons. The summed E-state index contributed by atoms with van der Waals surface area (Å²) in [5, 5.41) is 0. The molecule has 0 heterocycles. The standard InChI is InChI=1S/C6H12O/c1-5(2)4-6(3)7/h5H,4H2,1-3H3/i3D3,4D2. The lowest BCUT2D eigenvalue weighted by Crippen LogP contribution is -1.95. The molecular weight excluding hydrogens is 88.1 g/mol. The van der Waals surface area contributed by atoms with Crippen molar-refractivity contribution in [2.45, 2.75) is 27.1 Å². The third kappa shape index (κ3) is 5.67. The normalized spacial score (nSPS) is 24.1. The van der Waals surface area contributed by atoms with Gasteiger partial charge in [-0.3, -0.25) is 0 Å². The number of ketones is 1. The predicted octanol–water partition coefficient (Wildman–Crippen LogP) is 1.62. The van der Waals surface area contributed by atoms with Crippen LogP contribution in [0.25, 0.3) is 0 Å². The van der Waals surface area contributed by atoms with Crippen LogP contribution in [0.15, 0.2) is 0 Å². The molecule has 0 saturated carbocycles. The van der Waals surface area contributed by atoms with E-state index in [4.69, 9.17) is 6.85 Å². The highest BCUT2D eigenvalue weighted by Crippen LogP contribution is 1.97. The van der Waals surface area contributed by atoms with E-state index < -0.39 is 24.9 Å². The Morgan fingerprint density at radius 2 is 2.57 bits per heavy atom. The number of hydrogen-bond acceptors (Lipinski definition) is 1. The lowest BCUT2D eigenvalue weighted by atomic mass is 10.1. The average Bonchev–Trinajstić information content (AvgIpc) is 1.83. The highest BCUT2D eigenvalue weighted by atomic mass is 16.1. The summed E-state index contributed by atoms with van der Waals surface area (Å²) in [6.07, 6.45) is -2.26. The van der Waals surface area contributed by atoms with Crippen molar-refractivity contribution >= 4 is 5.78 Å². The van der Waals surface area contributed by atoms with Gasteiger partial charge in [0.05, 0.1) is 0 Å². The minimum absolute atomic E-state index is 0.620. The fourth-order valence-electron chi connectivity index (χ4n) is 0.262. The van der Waals surface area contributed by atoms with E-state index in [0.717, 1.165) is 0 Å². The van der Waals surface area contributed by atoms with Crippen LogP contribution in [0.1, 0.15) is 33.9 Å². The summed E-state index contributed by atoms with van der Waals surface area (Å²) in [5.41, 5.74) is 0. The Bertz CT molecular complexity index is 181. The molecule has 1 nitrogen and oxygen atoms in total. The van der Waals surface area contributed by atoms with Gasteiger partial charge >= 0.3 is 0 Å². The first-order valence-electron chi connectivity index (χ1n) is 4.65. The van der Waals surface area contributed by atoms with Crippen molar-refractivity contribution in [1.82, 2.24) is 0 Å². The Hall–Kier alpha value is -0.330. The molecule has 42 valence electrons. The molecule has 0 aromatic rings. The Balaban J connectivity index is 4.70. The molecule has 0 unspecified atom stereocenters. The number of rotatable bonds is 2. The van der Waals surface area contributed by atoms with E-state index in [0.29, 0.717) is 0 Å². The van der Waals surface area contributed by atoms with Crippen LogP contribution in [0.3, 0.4) is 0 Å². The first-order valence-corrected chi connectivity index (χ1v) is 2.15. The van der Waals surface area contributed by atoms with Gasteiger partial charge in [0, 0.05) is 13.2 Å². The van der Waals surface area contributed by atoms with Crippen LogP contribution in [-0.2, 0) is 4.79 Å². The lowest BCUT2D eigenvalue weighted by molar-refractivity contribution is -0.117. The zero-order valence-corrected chi connectivity index (χ0v) is 4.49. The van der Waals surface area contributed by atoms with Crippen molar-refractivity contribution in [1.29, 1.82) is 0 Å². The topological polar surface area (TPSA) is 17.1 Å². The smallest absolute Gasteiger partial charge is 0.130 e. The van der Waals surface area contributed by atoms with Crippen molar-refractivity contribution < 1.29 is 11.6 Å². The number of carbonyl (C=O) groups excluding carboxylic acids is 1. The van der Waals surface area contributed by atoms with E-state index in [1.807, 2.05) is 0 Å². The quantitative estimate of drug-likeness (QED) is 0.521. The molecule has 0 aliphatic carbocycles. The van der Waals surface area contributed by atoms with Gasteiger partial charge in [0.25, 0.3) is 0 Å². The molecule has 0 aliphatic heterocycles. The summed E-state index contributed by atoms with van der Waals surface area (Å²) in [5.74, 6) is -1.93. The second-order valence-electron chi connectivity index (χ2n) is 1.63. The maximum Gasteiger partial charge on any atom is 0.130 e. The second kappa shape index (κ2) is 2.78. The van der Waals surface area contributed by atoms with Gasteiger partial charge < -0.3 is 4.79 Å². The lowest BCUT2D eigenvalue weighted by Gasteiger charge is -1.95. The minimum Gasteiger partial charge on any atom is -0.300 e. The molecule has 0 N–H and O–H groups in total. The zero-order valence-electron chi connectivity index (χ0n) is 9.49. The van der Waals surface area contributed by atoms with Crippen molar-refractivity contribution in [3.05, 3.63) is 0 Å². The number of Topliss-reactive ketones (excluding diaryl/α,β-unsaturated/α-hetero) is 1. The van der Waals surface area contributed by atoms with Crippen LogP contribution in [0.4, 0.5) is 0 Å². The molecule has 0 aliphatic rings. The Morgan fingerprint density at radius 3 is 2.71 bits per heavy atom. The highest BCUT2D eigenvalue weighted by molar-refractivity contribution is 5.75. The van der Waals surface area contributed by atoms with Crippen molar-refractivity contribution in [3.63, 3.8) is 0 Å². The third-order valence-electron chi connectivity index (χ3n) is 0.420. The molecular formula is C6H12O. The van der Waals surface area contributed by atoms with E-state index in [9.17, 15) is 4.79 Å². The van der Waals surface area contributed by atoms with Gasteiger partial charge in [0.2, 0.25) is 0 Å². The third-order valence-corrected chi connectivity index (χ3v) is 0.420. The second-order valence-corrected chi connectivity index (χ2v) is 1.63. The Labute approximate surface area is 51.8 Å². The largest absolute Gasteiger partial charge is 0.300 e. The molecule has 0 rings (SSSR count). The van der Waals surface area contributed by atoms with Crippen LogP contribution >= 0.6 is 0 Å². The maximum atomic E-state index is 11.0. The Kier molecular flexibility index (Phi) is 0.748. The molecule has 0 spiro atoms. The number of hydrogen-bond donors (Lipinski definition) is 0. The summed E-state index contributed by atoms with van der Waals surface area (Å²) in [6.45, 7) is 0.112. The van der Waals surface area contributed by atoms with E-state index in [2.05, 4.69) is 0 Å². The molecule has 0 aromatic carbocycles. The van der Waals surface area contributed by atoms with Crippen molar-refractivity contribution in [2.75, 3.05) is 0 Å². The molecule has 0 amide bonds. The van der Waals surface area contributed by atoms with Crippen LogP contribution < -0.4 is 0 Å². The van der Waals surface area contributed by atoms with Crippen LogP contribution in [0.5, 0.6) is 0 Å². The maximum absolute atomic E-state index is 11.0. The fraction of sp³-hybridized carbons (Fsp3) is 0.833. The summed E-state index contributed by atoms with van der Waals surface area (Å²) < 4.78 is 34.6. The molecule has 0 atom stereocenters. The minimum atomic E-state index is -2.84. The molecule has 0 aromatic heterocycles. The summed E-state index contributed by atoms with van der Waals surface area (Å²) >= 11 is 0. The van der Waals surface area contributed by atoms with Gasteiger partial charge in [0.1, 0.15) is 5.78 Å². The summed E-state index contributed by atoms with van der Waals surface area (Å²) in [4.78, 5) is 11.0. The van der Waals surface area contributed by atoms with Gasteiger partial charge in [-0.25, -0.2) is 0 Å². The summed E-state index contributed by atoms with van der Waals surface area (Å²) in [6, 6.07) is 0. The molecule has 0 saturated heterocycles. The van der Waals surface area contributed by atoms with E-state index >= 15 is 0 Å². The molecule has 0 fully saturated rings. The van der Waals surface area contributed by atoms with Crippen molar-refractivity contribution in [3.8, 4) is 0 Å². The van der Waals surface area contributed by atoms with E-state index in [1.165, 1.54) is 13.8 Å². The average molecular weight is 105 g/mol. The molecule has 0 bridgehead atoms. The monoisotopic (exact) mass is 105 g/mol. The highest BCUT2D eigenvalue weighted by Gasteiger charge is 1.95. The Morgan fingerprint density at radius 1 is 2.00 bits per heavy atom. The first kappa shape index (κ1) is 1.88. The number of carbonyl (C=O) groups is 1. The van der Waals surface area contributed by atoms with Gasteiger partial charge in [-0.1, -0.05) is 13.8 Å². The SMILES string of the molecule is [2H]C([2H])([2H])C(=O)C([2H])([2H])C(C)C. The van der Waals surface area contributed by atoms with E-state index in [-0.39, 0.29) is 0 Å². The van der Waals surface area contributed by atoms with Gasteiger partial charge in [0.15, 0.2) is 0 Å². The van der Waals surface area contributed by atoms with Gasteiger partial charge in [-0.15, -0.1) is 0 Å². The van der Waals surface area contributed by atoms with Crippen LogP contribution in [0.2, 0.25) is 0 Å². The van der Waals surface area contributed by atoms with Gasteiger partial charge in [-0.2, -0.15) is 0 Å².